The first kappa shape index (κ1) is 20.0. The van der Waals surface area contributed by atoms with Crippen LogP contribution in [0.1, 0.15) is 55.9 Å². The molecule has 0 spiro atoms. The van der Waals surface area contributed by atoms with E-state index >= 15 is 0 Å². The quantitative estimate of drug-likeness (QED) is 0.771. The maximum Gasteiger partial charge on any atom is 0.229 e. The summed E-state index contributed by atoms with van der Waals surface area (Å²) in [5, 5.41) is 4.13. The third-order valence-electron chi connectivity index (χ3n) is 5.85. The van der Waals surface area contributed by atoms with Gasteiger partial charge in [-0.3, -0.25) is 9.69 Å². The second kappa shape index (κ2) is 9.05. The average Bonchev–Trinajstić information content (AvgIpc) is 3.25. The summed E-state index contributed by atoms with van der Waals surface area (Å²) in [5.41, 5.74) is 1.32. The lowest BCUT2D eigenvalue weighted by atomic mass is 9.94. The number of benzene rings is 1. The number of carbonyl (C=O) groups excluding carboxylic acids is 1. The number of nitrogens with zero attached hydrogens (tertiary/aromatic N) is 4. The lowest BCUT2D eigenvalue weighted by molar-refractivity contribution is -0.146. The van der Waals surface area contributed by atoms with Crippen molar-refractivity contribution in [3.05, 3.63) is 47.6 Å². The zero-order valence-electron chi connectivity index (χ0n) is 17.3. The minimum Gasteiger partial charge on any atom is -0.377 e. The fourth-order valence-corrected chi connectivity index (χ4v) is 4.11. The van der Waals surface area contributed by atoms with Gasteiger partial charge in [0.2, 0.25) is 11.8 Å². The molecule has 0 unspecified atom stereocenters. The molecule has 0 N–H and O–H groups in total. The first-order chi connectivity index (χ1) is 14.1. The predicted molar refractivity (Wildman–Crippen MR) is 108 cm³/mol. The molecule has 4 rings (SSSR count). The number of ether oxygens (including phenoxy) is 1. The lowest BCUT2D eigenvalue weighted by Gasteiger charge is -2.38. The van der Waals surface area contributed by atoms with Crippen molar-refractivity contribution >= 4 is 5.91 Å². The van der Waals surface area contributed by atoms with Crippen LogP contribution in [0.3, 0.4) is 0 Å². The van der Waals surface area contributed by atoms with Crippen LogP contribution in [0.15, 0.2) is 34.9 Å². The first-order valence-electron chi connectivity index (χ1n) is 10.6. The Hall–Kier alpha value is -2.25. The number of aromatic nitrogens is 2. The summed E-state index contributed by atoms with van der Waals surface area (Å²) in [6.45, 7) is 8.43. The minimum atomic E-state index is -0.255. The maximum absolute atomic E-state index is 13.3. The van der Waals surface area contributed by atoms with E-state index in [2.05, 4.69) is 39.3 Å². The molecule has 2 aliphatic rings. The van der Waals surface area contributed by atoms with Crippen LogP contribution in [-0.4, -0.2) is 58.7 Å². The fraction of sp³-hybridized carbons (Fsp3) is 0.591. The summed E-state index contributed by atoms with van der Waals surface area (Å²) < 4.78 is 11.0. The Kier molecular flexibility index (Phi) is 6.25. The topological polar surface area (TPSA) is 71.7 Å². The zero-order chi connectivity index (χ0) is 20.2. The summed E-state index contributed by atoms with van der Waals surface area (Å²) in [7, 11) is 0. The van der Waals surface area contributed by atoms with E-state index in [-0.39, 0.29) is 23.8 Å². The molecule has 1 atom stereocenters. The van der Waals surface area contributed by atoms with Crippen molar-refractivity contribution in [2.45, 2.75) is 45.2 Å². The standard InChI is InChI=1S/C22H30N4O3/c1-16(2)21-23-20(24-29-21)19-15-28-13-12-26(19)22(27)18-8-10-25(11-9-18)14-17-6-4-3-5-7-17/h3-7,16,18-19H,8-15H2,1-2H3/t19-/m1/s1. The van der Waals surface area contributed by atoms with Crippen LogP contribution in [0, 0.1) is 5.92 Å². The van der Waals surface area contributed by atoms with Crippen molar-refractivity contribution in [1.29, 1.82) is 0 Å². The van der Waals surface area contributed by atoms with Crippen molar-refractivity contribution < 1.29 is 14.1 Å². The van der Waals surface area contributed by atoms with E-state index in [1.807, 2.05) is 24.8 Å². The SMILES string of the molecule is CC(C)c1nc([C@H]2COCCN2C(=O)C2CCN(Cc3ccccc3)CC2)no1. The molecular formula is C22H30N4O3. The van der Waals surface area contributed by atoms with E-state index in [9.17, 15) is 4.79 Å². The molecule has 1 amide bonds. The summed E-state index contributed by atoms with van der Waals surface area (Å²) in [5.74, 6) is 1.59. The van der Waals surface area contributed by atoms with Crippen LogP contribution in [0.25, 0.3) is 0 Å². The maximum atomic E-state index is 13.3. The van der Waals surface area contributed by atoms with Crippen LogP contribution in [0.4, 0.5) is 0 Å². The van der Waals surface area contributed by atoms with Gasteiger partial charge in [0.05, 0.1) is 13.2 Å². The second-order valence-corrected chi connectivity index (χ2v) is 8.30. The Morgan fingerprint density at radius 2 is 1.93 bits per heavy atom. The molecule has 2 saturated heterocycles. The zero-order valence-corrected chi connectivity index (χ0v) is 17.3. The van der Waals surface area contributed by atoms with Gasteiger partial charge in [0.1, 0.15) is 6.04 Å². The molecule has 29 heavy (non-hydrogen) atoms. The van der Waals surface area contributed by atoms with Crippen molar-refractivity contribution in [2.75, 3.05) is 32.8 Å². The molecule has 1 aromatic carbocycles. The first-order valence-corrected chi connectivity index (χ1v) is 10.6. The second-order valence-electron chi connectivity index (χ2n) is 8.30. The predicted octanol–water partition coefficient (Wildman–Crippen LogP) is 3.01. The number of hydrogen-bond acceptors (Lipinski definition) is 6. The lowest BCUT2D eigenvalue weighted by Crippen LogP contribution is -2.48. The number of rotatable bonds is 5. The van der Waals surface area contributed by atoms with Crippen LogP contribution in [-0.2, 0) is 16.1 Å². The Balaban J connectivity index is 1.37. The van der Waals surface area contributed by atoms with Gasteiger partial charge < -0.3 is 14.2 Å². The van der Waals surface area contributed by atoms with E-state index in [0.29, 0.717) is 31.5 Å². The third-order valence-corrected chi connectivity index (χ3v) is 5.85. The summed E-state index contributed by atoms with van der Waals surface area (Å²) in [4.78, 5) is 22.2. The third kappa shape index (κ3) is 4.67. The molecule has 7 heteroatoms. The van der Waals surface area contributed by atoms with Crippen molar-refractivity contribution in [3.8, 4) is 0 Å². The summed E-state index contributed by atoms with van der Waals surface area (Å²) in [6.07, 6.45) is 1.78. The minimum absolute atomic E-state index is 0.0547. The molecule has 2 aliphatic heterocycles. The van der Waals surface area contributed by atoms with E-state index in [1.54, 1.807) is 0 Å². The smallest absolute Gasteiger partial charge is 0.229 e. The Bertz CT molecular complexity index is 799. The number of morpholine rings is 1. The largest absolute Gasteiger partial charge is 0.377 e. The van der Waals surface area contributed by atoms with Gasteiger partial charge in [-0.1, -0.05) is 49.3 Å². The number of amides is 1. The average molecular weight is 399 g/mol. The van der Waals surface area contributed by atoms with Gasteiger partial charge in [0, 0.05) is 24.9 Å². The number of likely N-dealkylation sites (tertiary alicyclic amines) is 1. The molecule has 0 saturated carbocycles. The molecule has 156 valence electrons. The van der Waals surface area contributed by atoms with Crippen molar-refractivity contribution in [1.82, 2.24) is 19.9 Å². The van der Waals surface area contributed by atoms with Crippen molar-refractivity contribution in [3.63, 3.8) is 0 Å². The van der Waals surface area contributed by atoms with Crippen LogP contribution >= 0.6 is 0 Å². The summed E-state index contributed by atoms with van der Waals surface area (Å²) >= 11 is 0. The monoisotopic (exact) mass is 398 g/mol. The van der Waals surface area contributed by atoms with E-state index in [0.717, 1.165) is 32.5 Å². The Morgan fingerprint density at radius 3 is 2.62 bits per heavy atom. The van der Waals surface area contributed by atoms with E-state index in [1.165, 1.54) is 5.56 Å². The molecule has 1 aromatic heterocycles. The molecular weight excluding hydrogens is 368 g/mol. The van der Waals surface area contributed by atoms with Gasteiger partial charge in [-0.25, -0.2) is 0 Å². The van der Waals surface area contributed by atoms with E-state index < -0.39 is 0 Å². The molecule has 0 bridgehead atoms. The van der Waals surface area contributed by atoms with Crippen LogP contribution in [0.5, 0.6) is 0 Å². The summed E-state index contributed by atoms with van der Waals surface area (Å²) in [6, 6.07) is 10.3. The highest BCUT2D eigenvalue weighted by molar-refractivity contribution is 5.79. The van der Waals surface area contributed by atoms with Crippen LogP contribution < -0.4 is 0 Å². The molecule has 2 aromatic rings. The van der Waals surface area contributed by atoms with Gasteiger partial charge in [-0.15, -0.1) is 0 Å². The van der Waals surface area contributed by atoms with Gasteiger partial charge in [0.25, 0.3) is 0 Å². The molecule has 7 nitrogen and oxygen atoms in total. The highest BCUT2D eigenvalue weighted by Crippen LogP contribution is 2.28. The normalized spacial score (nSPS) is 21.6. The van der Waals surface area contributed by atoms with Gasteiger partial charge in [-0.05, 0) is 31.5 Å². The van der Waals surface area contributed by atoms with Gasteiger partial charge >= 0.3 is 0 Å². The highest BCUT2D eigenvalue weighted by Gasteiger charge is 2.36. The number of carbonyl (C=O) groups is 1. The van der Waals surface area contributed by atoms with Gasteiger partial charge in [-0.2, -0.15) is 4.98 Å². The Labute approximate surface area is 172 Å². The van der Waals surface area contributed by atoms with E-state index in [4.69, 9.17) is 9.26 Å². The van der Waals surface area contributed by atoms with Gasteiger partial charge in [0.15, 0.2) is 5.82 Å². The van der Waals surface area contributed by atoms with Crippen LogP contribution in [0.2, 0.25) is 0 Å². The molecule has 2 fully saturated rings. The highest BCUT2D eigenvalue weighted by atomic mass is 16.5. The van der Waals surface area contributed by atoms with Crippen molar-refractivity contribution in [2.24, 2.45) is 5.92 Å². The molecule has 0 aliphatic carbocycles. The molecule has 3 heterocycles. The number of hydrogen-bond donors (Lipinski definition) is 0. The number of piperidine rings is 1. The fourth-order valence-electron chi connectivity index (χ4n) is 4.11. The molecule has 0 radical (unpaired) electrons. The Morgan fingerprint density at radius 1 is 1.17 bits per heavy atom.